The van der Waals surface area contributed by atoms with Crippen molar-refractivity contribution in [2.24, 2.45) is 9.98 Å². The van der Waals surface area contributed by atoms with Crippen LogP contribution in [0.15, 0.2) is 9.98 Å². The summed E-state index contributed by atoms with van der Waals surface area (Å²) in [5.74, 6) is 0. The quantitative estimate of drug-likeness (QED) is 0.513. The van der Waals surface area contributed by atoms with Gasteiger partial charge >= 0.3 is 0 Å². The average molecular weight is 126 g/mol. The minimum atomic E-state index is 0.433. The van der Waals surface area contributed by atoms with Crippen LogP contribution >= 0.6 is 0 Å². The van der Waals surface area contributed by atoms with Crippen LogP contribution in [0.2, 0.25) is 0 Å². The highest BCUT2D eigenvalue weighted by molar-refractivity contribution is 6.15. The maximum absolute atomic E-state index is 4.16. The fourth-order valence-corrected chi connectivity index (χ4v) is 0.357. The van der Waals surface area contributed by atoms with E-state index in [9.17, 15) is 0 Å². The molecule has 0 spiro atoms. The predicted octanol–water partition coefficient (Wildman–Crippen LogP) is 1.56. The Balaban J connectivity index is 3.43. The highest BCUT2D eigenvalue weighted by Gasteiger charge is 1.87. The number of aliphatic imine (C=N–C) groups is 2. The van der Waals surface area contributed by atoms with Gasteiger partial charge in [-0.05, 0) is 13.3 Å². The van der Waals surface area contributed by atoms with E-state index >= 15 is 0 Å². The molecule has 0 aliphatic rings. The summed E-state index contributed by atoms with van der Waals surface area (Å²) in [5.41, 5.74) is 0. The van der Waals surface area contributed by atoms with Crippen molar-refractivity contribution >= 4 is 12.4 Å². The summed E-state index contributed by atoms with van der Waals surface area (Å²) in [6.07, 6.45) is 4.54. The molecule has 2 nitrogen and oxygen atoms in total. The summed E-state index contributed by atoms with van der Waals surface area (Å²) < 4.78 is 0. The van der Waals surface area contributed by atoms with Gasteiger partial charge in [-0.3, -0.25) is 9.98 Å². The van der Waals surface area contributed by atoms with Gasteiger partial charge in [-0.25, -0.2) is 0 Å². The van der Waals surface area contributed by atoms with Crippen molar-refractivity contribution in [2.45, 2.75) is 26.3 Å². The molecule has 0 saturated carbocycles. The second-order valence-corrected chi connectivity index (χ2v) is 1.96. The van der Waals surface area contributed by atoms with Gasteiger partial charge in [-0.1, -0.05) is 6.92 Å². The minimum Gasteiger partial charge on any atom is -0.295 e. The Morgan fingerprint density at radius 2 is 2.11 bits per heavy atom. The number of nitrogens with zero attached hydrogens (tertiary/aromatic N) is 2. The first-order valence-corrected chi connectivity index (χ1v) is 3.25. The summed E-state index contributed by atoms with van der Waals surface area (Å²) in [6, 6.07) is 0.433. The van der Waals surface area contributed by atoms with Crippen LogP contribution in [0.5, 0.6) is 0 Å². The molecule has 2 heteroatoms. The highest BCUT2D eigenvalue weighted by atomic mass is 14.8. The molecule has 0 bridgehead atoms. The lowest BCUT2D eigenvalue weighted by molar-refractivity contribution is 0.721. The van der Waals surface area contributed by atoms with Crippen LogP contribution in [0.4, 0.5) is 0 Å². The van der Waals surface area contributed by atoms with Crippen LogP contribution < -0.4 is 0 Å². The lowest BCUT2D eigenvalue weighted by Crippen LogP contribution is -1.94. The standard InChI is InChI=1S/C7H14N2/c1-4-7(2)9-6-5-8-3/h5-7H,4H2,1-3H3. The molecule has 0 aliphatic carbocycles. The van der Waals surface area contributed by atoms with Crippen LogP contribution in [0, 0.1) is 0 Å². The largest absolute Gasteiger partial charge is 0.295 e. The van der Waals surface area contributed by atoms with Gasteiger partial charge in [-0.2, -0.15) is 0 Å². The molecule has 0 amide bonds. The van der Waals surface area contributed by atoms with Crippen LogP contribution in [0.3, 0.4) is 0 Å². The van der Waals surface area contributed by atoms with Gasteiger partial charge in [0.15, 0.2) is 0 Å². The van der Waals surface area contributed by atoms with E-state index < -0.39 is 0 Å². The fourth-order valence-electron chi connectivity index (χ4n) is 0.357. The molecule has 0 saturated heterocycles. The monoisotopic (exact) mass is 126 g/mol. The summed E-state index contributed by atoms with van der Waals surface area (Å²) in [4.78, 5) is 7.93. The van der Waals surface area contributed by atoms with E-state index in [1.807, 2.05) is 0 Å². The van der Waals surface area contributed by atoms with Crippen LogP contribution in [-0.4, -0.2) is 25.5 Å². The third-order valence-corrected chi connectivity index (χ3v) is 1.15. The molecule has 1 atom stereocenters. The third-order valence-electron chi connectivity index (χ3n) is 1.15. The molecule has 0 aromatic heterocycles. The third kappa shape index (κ3) is 5.21. The van der Waals surface area contributed by atoms with E-state index in [1.165, 1.54) is 0 Å². The van der Waals surface area contributed by atoms with Crippen LogP contribution in [0.1, 0.15) is 20.3 Å². The summed E-state index contributed by atoms with van der Waals surface area (Å²) in [7, 11) is 1.74. The molecular formula is C7H14N2. The van der Waals surface area contributed by atoms with Crippen LogP contribution in [0.25, 0.3) is 0 Å². The molecule has 1 unspecified atom stereocenters. The van der Waals surface area contributed by atoms with Gasteiger partial charge in [0.25, 0.3) is 0 Å². The molecule has 9 heavy (non-hydrogen) atoms. The SMILES string of the molecule is CCC(C)N=CC=NC. The zero-order chi connectivity index (χ0) is 7.11. The summed E-state index contributed by atoms with van der Waals surface area (Å²) >= 11 is 0. The predicted molar refractivity (Wildman–Crippen MR) is 42.7 cm³/mol. The van der Waals surface area contributed by atoms with Crippen molar-refractivity contribution in [3.05, 3.63) is 0 Å². The molecule has 0 aromatic carbocycles. The Morgan fingerprint density at radius 1 is 1.44 bits per heavy atom. The zero-order valence-corrected chi connectivity index (χ0v) is 6.33. The van der Waals surface area contributed by atoms with Crippen molar-refractivity contribution in [1.82, 2.24) is 0 Å². The topological polar surface area (TPSA) is 24.7 Å². The second kappa shape index (κ2) is 5.48. The fraction of sp³-hybridized carbons (Fsp3) is 0.714. The average Bonchev–Trinajstić information content (AvgIpc) is 1.89. The van der Waals surface area contributed by atoms with E-state index in [2.05, 4.69) is 23.8 Å². The first-order chi connectivity index (χ1) is 4.31. The Morgan fingerprint density at radius 3 is 2.56 bits per heavy atom. The maximum Gasteiger partial charge on any atom is 0.0469 e. The molecule has 0 heterocycles. The molecule has 0 aromatic rings. The lowest BCUT2D eigenvalue weighted by atomic mass is 10.3. The Bertz CT molecular complexity index is 105. The Hall–Kier alpha value is -0.660. The zero-order valence-electron chi connectivity index (χ0n) is 6.33. The Labute approximate surface area is 56.7 Å². The molecule has 52 valence electrons. The molecule has 0 radical (unpaired) electrons. The Kier molecular flexibility index (Phi) is 5.07. The van der Waals surface area contributed by atoms with Crippen molar-refractivity contribution in [1.29, 1.82) is 0 Å². The van der Waals surface area contributed by atoms with E-state index in [0.717, 1.165) is 6.42 Å². The summed E-state index contributed by atoms with van der Waals surface area (Å²) in [6.45, 7) is 4.20. The molecule has 0 rings (SSSR count). The van der Waals surface area contributed by atoms with Crippen LogP contribution in [-0.2, 0) is 0 Å². The summed E-state index contributed by atoms with van der Waals surface area (Å²) in [5, 5.41) is 0. The molecule has 0 fully saturated rings. The highest BCUT2D eigenvalue weighted by Crippen LogP contribution is 1.91. The van der Waals surface area contributed by atoms with Crippen molar-refractivity contribution in [2.75, 3.05) is 7.05 Å². The molecular weight excluding hydrogens is 112 g/mol. The molecule has 0 N–H and O–H groups in total. The lowest BCUT2D eigenvalue weighted by Gasteiger charge is -1.96. The van der Waals surface area contributed by atoms with E-state index in [0.29, 0.717) is 6.04 Å². The van der Waals surface area contributed by atoms with Gasteiger partial charge in [0, 0.05) is 25.5 Å². The van der Waals surface area contributed by atoms with Gasteiger partial charge in [0.05, 0.1) is 0 Å². The smallest absolute Gasteiger partial charge is 0.0469 e. The van der Waals surface area contributed by atoms with E-state index in [4.69, 9.17) is 0 Å². The van der Waals surface area contributed by atoms with Gasteiger partial charge in [0.2, 0.25) is 0 Å². The van der Waals surface area contributed by atoms with Gasteiger partial charge < -0.3 is 0 Å². The van der Waals surface area contributed by atoms with Crippen molar-refractivity contribution in [3.8, 4) is 0 Å². The van der Waals surface area contributed by atoms with E-state index in [-0.39, 0.29) is 0 Å². The first-order valence-electron chi connectivity index (χ1n) is 3.25. The number of rotatable bonds is 3. The number of hydrogen-bond acceptors (Lipinski definition) is 2. The van der Waals surface area contributed by atoms with Gasteiger partial charge in [0.1, 0.15) is 0 Å². The minimum absolute atomic E-state index is 0.433. The normalized spacial score (nSPS) is 15.4. The maximum atomic E-state index is 4.16. The van der Waals surface area contributed by atoms with Crippen molar-refractivity contribution < 1.29 is 0 Å². The first kappa shape index (κ1) is 8.34. The number of hydrogen-bond donors (Lipinski definition) is 0. The second-order valence-electron chi connectivity index (χ2n) is 1.96. The van der Waals surface area contributed by atoms with E-state index in [1.54, 1.807) is 19.5 Å². The van der Waals surface area contributed by atoms with Gasteiger partial charge in [-0.15, -0.1) is 0 Å². The molecule has 0 aliphatic heterocycles. The van der Waals surface area contributed by atoms with Crippen molar-refractivity contribution in [3.63, 3.8) is 0 Å².